The lowest BCUT2D eigenvalue weighted by Gasteiger charge is -2.25. The number of rotatable bonds is 5. The van der Waals surface area contributed by atoms with Crippen LogP contribution in [0.2, 0.25) is 0 Å². The van der Waals surface area contributed by atoms with E-state index in [0.717, 1.165) is 50.3 Å². The maximum absolute atomic E-state index is 5.49. The topological polar surface area (TPSA) is 85.1 Å². The molecule has 0 saturated carbocycles. The van der Waals surface area contributed by atoms with Gasteiger partial charge in [0.2, 0.25) is 0 Å². The average Bonchev–Trinajstić information content (AvgIpc) is 2.42. The van der Waals surface area contributed by atoms with Gasteiger partial charge in [0.05, 0.1) is 0 Å². The van der Waals surface area contributed by atoms with Crippen molar-refractivity contribution in [2.24, 2.45) is 5.84 Å². The Morgan fingerprint density at radius 2 is 2.06 bits per heavy atom. The zero-order valence-electron chi connectivity index (χ0n) is 10.8. The van der Waals surface area contributed by atoms with Crippen molar-refractivity contribution in [3.63, 3.8) is 0 Å². The molecule has 1 aromatic rings. The fourth-order valence-electron chi connectivity index (χ4n) is 2.18. The third kappa shape index (κ3) is 3.08. The van der Waals surface area contributed by atoms with Gasteiger partial charge < -0.3 is 15.5 Å². The highest BCUT2D eigenvalue weighted by Crippen LogP contribution is 2.23. The summed E-state index contributed by atoms with van der Waals surface area (Å²) >= 11 is 0. The molecule has 0 aliphatic carbocycles. The van der Waals surface area contributed by atoms with Crippen LogP contribution in [0.1, 0.15) is 31.7 Å². The zero-order chi connectivity index (χ0) is 12.8. The summed E-state index contributed by atoms with van der Waals surface area (Å²) < 4.78 is 5.35. The van der Waals surface area contributed by atoms with Crippen molar-refractivity contribution in [3.05, 3.63) is 11.9 Å². The maximum atomic E-state index is 5.49. The van der Waals surface area contributed by atoms with Crippen LogP contribution in [0.25, 0.3) is 0 Å². The average molecular weight is 251 g/mol. The minimum atomic E-state index is 0.426. The predicted molar refractivity (Wildman–Crippen MR) is 71.3 cm³/mol. The molecule has 0 radical (unpaired) electrons. The highest BCUT2D eigenvalue weighted by molar-refractivity contribution is 5.57. The van der Waals surface area contributed by atoms with Gasteiger partial charge >= 0.3 is 0 Å². The number of nitrogens with zero attached hydrogens (tertiary/aromatic N) is 2. The van der Waals surface area contributed by atoms with Gasteiger partial charge in [0.25, 0.3) is 0 Å². The van der Waals surface area contributed by atoms with E-state index in [4.69, 9.17) is 10.6 Å². The predicted octanol–water partition coefficient (Wildman–Crippen LogP) is 1.31. The number of aromatic nitrogens is 2. The van der Waals surface area contributed by atoms with Gasteiger partial charge in [-0.15, -0.1) is 0 Å². The van der Waals surface area contributed by atoms with Gasteiger partial charge in [0.15, 0.2) is 0 Å². The lowest BCUT2D eigenvalue weighted by molar-refractivity contribution is 0.0903. The Hall–Kier alpha value is -1.40. The summed E-state index contributed by atoms with van der Waals surface area (Å²) in [5, 5.41) is 3.48. The highest BCUT2D eigenvalue weighted by atomic mass is 16.5. The third-order valence-corrected chi connectivity index (χ3v) is 3.14. The number of hydrazine groups is 1. The molecular weight excluding hydrogens is 230 g/mol. The summed E-state index contributed by atoms with van der Waals surface area (Å²) in [5.41, 5.74) is 3.71. The molecule has 6 nitrogen and oxygen atoms in total. The Morgan fingerprint density at radius 1 is 1.33 bits per heavy atom. The quantitative estimate of drug-likeness (QED) is 0.540. The number of nitrogens with one attached hydrogen (secondary N) is 2. The molecule has 1 aliphatic rings. The molecular formula is C12H21N5O. The molecule has 1 fully saturated rings. The molecule has 0 atom stereocenters. The van der Waals surface area contributed by atoms with E-state index in [9.17, 15) is 0 Å². The molecule has 0 bridgehead atoms. The van der Waals surface area contributed by atoms with Gasteiger partial charge in [0, 0.05) is 24.8 Å². The molecule has 2 rings (SSSR count). The molecule has 18 heavy (non-hydrogen) atoms. The van der Waals surface area contributed by atoms with Gasteiger partial charge in [-0.3, -0.25) is 0 Å². The molecule has 0 unspecified atom stereocenters. The number of ether oxygens (including phenoxy) is 1. The molecule has 0 aromatic carbocycles. The lowest BCUT2D eigenvalue weighted by atomic mass is 10.1. The van der Waals surface area contributed by atoms with E-state index in [-0.39, 0.29) is 0 Å². The lowest BCUT2D eigenvalue weighted by Crippen LogP contribution is -2.29. The number of hydrogen-bond donors (Lipinski definition) is 3. The highest BCUT2D eigenvalue weighted by Gasteiger charge is 2.17. The normalized spacial score (nSPS) is 16.6. The van der Waals surface area contributed by atoms with Crippen LogP contribution in [0.4, 0.5) is 11.6 Å². The van der Waals surface area contributed by atoms with Crippen molar-refractivity contribution in [1.82, 2.24) is 9.97 Å². The monoisotopic (exact) mass is 251 g/mol. The summed E-state index contributed by atoms with van der Waals surface area (Å²) in [5.74, 6) is 7.10. The van der Waals surface area contributed by atoms with Crippen molar-refractivity contribution >= 4 is 11.6 Å². The zero-order valence-corrected chi connectivity index (χ0v) is 10.8. The summed E-state index contributed by atoms with van der Waals surface area (Å²) in [4.78, 5) is 8.50. The van der Waals surface area contributed by atoms with Crippen LogP contribution in [0.3, 0.4) is 0 Å². The second-order valence-corrected chi connectivity index (χ2v) is 4.47. The minimum absolute atomic E-state index is 0.426. The molecule has 2 heterocycles. The number of nitrogens with two attached hydrogens (primary N) is 1. The molecule has 100 valence electrons. The Labute approximate surface area is 107 Å². The Morgan fingerprint density at radius 3 is 2.72 bits per heavy atom. The largest absolute Gasteiger partial charge is 0.381 e. The van der Waals surface area contributed by atoms with Crippen LogP contribution >= 0.6 is 0 Å². The Kier molecular flexibility index (Phi) is 4.72. The Bertz CT molecular complexity index is 379. The SMILES string of the molecule is CCCc1c(NN)ncnc1NC1CCOCC1. The van der Waals surface area contributed by atoms with E-state index in [2.05, 4.69) is 27.6 Å². The van der Waals surface area contributed by atoms with Gasteiger partial charge in [-0.1, -0.05) is 13.3 Å². The van der Waals surface area contributed by atoms with E-state index in [1.54, 1.807) is 0 Å². The van der Waals surface area contributed by atoms with Crippen molar-refractivity contribution in [2.45, 2.75) is 38.6 Å². The van der Waals surface area contributed by atoms with Crippen LogP contribution in [-0.2, 0) is 11.2 Å². The molecule has 1 aromatic heterocycles. The Balaban J connectivity index is 2.14. The second-order valence-electron chi connectivity index (χ2n) is 4.47. The number of hydrogen-bond acceptors (Lipinski definition) is 6. The number of anilines is 2. The molecule has 6 heteroatoms. The van der Waals surface area contributed by atoms with Gasteiger partial charge in [-0.05, 0) is 19.3 Å². The van der Waals surface area contributed by atoms with Gasteiger partial charge in [0.1, 0.15) is 18.0 Å². The standard InChI is InChI=1S/C12H21N5O/c1-2-3-10-11(14-8-15-12(10)17-13)16-9-4-6-18-7-5-9/h8-9H,2-7,13H2,1H3,(H2,14,15,16,17). The summed E-state index contributed by atoms with van der Waals surface area (Å²) in [6, 6.07) is 0.426. The first-order valence-corrected chi connectivity index (χ1v) is 6.50. The van der Waals surface area contributed by atoms with Crippen molar-refractivity contribution in [2.75, 3.05) is 24.0 Å². The van der Waals surface area contributed by atoms with E-state index >= 15 is 0 Å². The molecule has 4 N–H and O–H groups in total. The van der Waals surface area contributed by atoms with E-state index < -0.39 is 0 Å². The van der Waals surface area contributed by atoms with Crippen LogP contribution in [-0.4, -0.2) is 29.2 Å². The first-order chi connectivity index (χ1) is 8.85. The smallest absolute Gasteiger partial charge is 0.148 e. The van der Waals surface area contributed by atoms with Crippen LogP contribution in [0, 0.1) is 0 Å². The van der Waals surface area contributed by atoms with Crippen LogP contribution < -0.4 is 16.6 Å². The molecule has 1 saturated heterocycles. The first-order valence-electron chi connectivity index (χ1n) is 6.50. The summed E-state index contributed by atoms with van der Waals surface area (Å²) in [6.07, 6.45) is 5.51. The molecule has 1 aliphatic heterocycles. The molecule has 0 amide bonds. The van der Waals surface area contributed by atoms with Crippen molar-refractivity contribution in [3.8, 4) is 0 Å². The van der Waals surface area contributed by atoms with Crippen LogP contribution in [0.15, 0.2) is 6.33 Å². The van der Waals surface area contributed by atoms with Crippen LogP contribution in [0.5, 0.6) is 0 Å². The fraction of sp³-hybridized carbons (Fsp3) is 0.667. The van der Waals surface area contributed by atoms with E-state index in [1.165, 1.54) is 6.33 Å². The number of nitrogen functional groups attached to an aromatic ring is 1. The second kappa shape index (κ2) is 6.51. The fourth-order valence-corrected chi connectivity index (χ4v) is 2.18. The summed E-state index contributed by atoms with van der Waals surface area (Å²) in [7, 11) is 0. The maximum Gasteiger partial charge on any atom is 0.148 e. The van der Waals surface area contributed by atoms with Crippen molar-refractivity contribution < 1.29 is 4.74 Å². The van der Waals surface area contributed by atoms with E-state index in [1.807, 2.05) is 0 Å². The minimum Gasteiger partial charge on any atom is -0.381 e. The van der Waals surface area contributed by atoms with E-state index in [0.29, 0.717) is 11.9 Å². The third-order valence-electron chi connectivity index (χ3n) is 3.14. The first kappa shape index (κ1) is 13.0. The van der Waals surface area contributed by atoms with Gasteiger partial charge in [-0.2, -0.15) is 0 Å². The molecule has 0 spiro atoms. The summed E-state index contributed by atoms with van der Waals surface area (Å²) in [6.45, 7) is 3.76. The van der Waals surface area contributed by atoms with Gasteiger partial charge in [-0.25, -0.2) is 15.8 Å². The van der Waals surface area contributed by atoms with Crippen molar-refractivity contribution in [1.29, 1.82) is 0 Å².